The van der Waals surface area contributed by atoms with Crippen LogP contribution in [0.1, 0.15) is 0 Å². The molecule has 646 valence electrons. The third kappa shape index (κ3) is 13.8. The second kappa shape index (κ2) is 34.0. The number of rotatable bonds is 19. The normalized spacial score (nSPS) is 11.6. The van der Waals surface area contributed by atoms with Gasteiger partial charge in [0.2, 0.25) is 0 Å². The minimum Gasteiger partial charge on any atom is -0.455 e. The molecule has 0 saturated carbocycles. The van der Waals surface area contributed by atoms with Crippen LogP contribution in [0.4, 0.5) is 34.1 Å². The SMILES string of the molecule is c1ccc(-c2ccc(-c3ccccc3N(c3ccc(-c4cccc5c4oc4cc(-c6cccc7c6c6ccccc6n7-c6ccccc6-c6ccccc6-c6ccccc6N(c6ccc(-c7ccccc7-c7ccccc7)cc6)c6ccc(-c7cccc8c7oc7ccccc78)cc6)ccc45)cc3)c3ccccc3-c3ccccc3-c3ccccc3-n3c4ccccc4c4ccccc43)cc2)cc1. The van der Waals surface area contributed by atoms with Crippen molar-refractivity contribution in [3.05, 3.63) is 522 Å². The van der Waals surface area contributed by atoms with E-state index in [2.05, 4.69) is 535 Å². The van der Waals surface area contributed by atoms with E-state index in [1.165, 1.54) is 49.6 Å². The van der Waals surface area contributed by atoms with Gasteiger partial charge in [-0.25, -0.2) is 0 Å². The van der Waals surface area contributed by atoms with Crippen LogP contribution >= 0.6 is 0 Å². The molecule has 0 aliphatic rings. The average molecular weight is 1760 g/mol. The molecule has 0 radical (unpaired) electrons. The van der Waals surface area contributed by atoms with Gasteiger partial charge in [-0.3, -0.25) is 0 Å². The first-order chi connectivity index (χ1) is 68.5. The molecule has 22 aromatic carbocycles. The molecular formula is C132H86N4O2. The van der Waals surface area contributed by atoms with E-state index in [-0.39, 0.29) is 0 Å². The zero-order valence-corrected chi connectivity index (χ0v) is 75.3. The highest BCUT2D eigenvalue weighted by molar-refractivity contribution is 6.19. The van der Waals surface area contributed by atoms with Gasteiger partial charge >= 0.3 is 0 Å². The Morgan fingerprint density at radius 2 is 0.449 bits per heavy atom. The fraction of sp³-hybridized carbons (Fsp3) is 0. The van der Waals surface area contributed by atoms with Crippen molar-refractivity contribution in [3.63, 3.8) is 0 Å². The summed E-state index contributed by atoms with van der Waals surface area (Å²) in [4.78, 5) is 4.88. The Morgan fingerprint density at radius 3 is 0.986 bits per heavy atom. The van der Waals surface area contributed by atoms with Crippen molar-refractivity contribution in [3.8, 4) is 134 Å². The second-order valence-corrected chi connectivity index (χ2v) is 35.5. The third-order valence-corrected chi connectivity index (χ3v) is 27.9. The van der Waals surface area contributed by atoms with Crippen molar-refractivity contribution in [2.45, 2.75) is 0 Å². The maximum absolute atomic E-state index is 7.32. The standard InChI is InChI=1S/C132H86N4O2/c1-3-34-87(35-4-1)88-68-70-91(71-69-88)100-40-13-22-58-119(100)134(121-60-24-15-46-109(121)105-42-10-12-44-107(105)110-47-16-25-61-122(110)135-124-63-27-18-49-112(124)113-50-19-28-64-125(113)135)97-83-76-93(77-84-97)103-55-32-57-117-115-85-78-94(86-129(115)138-132(103)117)101-53-33-66-127-130(101)118-52-20-29-65-126(118)136(127)123-62-26-17-48-111(123)106-43-11-9-41-104(106)108-45-14-23-59-120(108)133(95-79-72-90(73-80-95)99-39-8-7-38-98(99)89-36-5-2-6-37-89)96-81-74-92(75-82-96)102-54-31-56-116-114-51-21-30-67-128(114)137-131(102)116/h1-86H. The van der Waals surface area contributed by atoms with Gasteiger partial charge in [0.05, 0.1) is 50.5 Å². The molecule has 26 aromatic rings. The van der Waals surface area contributed by atoms with E-state index in [1.807, 2.05) is 6.07 Å². The van der Waals surface area contributed by atoms with Crippen LogP contribution in [0.15, 0.2) is 531 Å². The van der Waals surface area contributed by atoms with Crippen molar-refractivity contribution in [2.24, 2.45) is 0 Å². The summed E-state index contributed by atoms with van der Waals surface area (Å²) in [6.45, 7) is 0. The summed E-state index contributed by atoms with van der Waals surface area (Å²) >= 11 is 0. The highest BCUT2D eigenvalue weighted by Gasteiger charge is 2.29. The molecule has 0 aliphatic carbocycles. The van der Waals surface area contributed by atoms with Crippen molar-refractivity contribution in [1.29, 1.82) is 0 Å². The second-order valence-electron chi connectivity index (χ2n) is 35.5. The fourth-order valence-electron chi connectivity index (χ4n) is 21.6. The molecule has 6 heteroatoms. The van der Waals surface area contributed by atoms with Crippen molar-refractivity contribution >= 4 is 122 Å². The van der Waals surface area contributed by atoms with Crippen molar-refractivity contribution in [2.75, 3.05) is 9.80 Å². The zero-order chi connectivity index (χ0) is 91.1. The molecule has 6 nitrogen and oxygen atoms in total. The number of furan rings is 2. The Balaban J connectivity index is 0.562. The van der Waals surface area contributed by atoms with Crippen LogP contribution in [0.3, 0.4) is 0 Å². The van der Waals surface area contributed by atoms with E-state index >= 15 is 0 Å². The van der Waals surface area contributed by atoms with Crippen LogP contribution in [0.2, 0.25) is 0 Å². The highest BCUT2D eigenvalue weighted by atomic mass is 16.3. The minimum absolute atomic E-state index is 0.817. The largest absolute Gasteiger partial charge is 0.455 e. The van der Waals surface area contributed by atoms with E-state index in [0.717, 1.165) is 206 Å². The van der Waals surface area contributed by atoms with E-state index in [4.69, 9.17) is 8.83 Å². The summed E-state index contributed by atoms with van der Waals surface area (Å²) in [7, 11) is 0. The Kier molecular flexibility index (Phi) is 19.9. The van der Waals surface area contributed by atoms with Gasteiger partial charge in [0.1, 0.15) is 22.3 Å². The Bertz CT molecular complexity index is 9150. The third-order valence-electron chi connectivity index (χ3n) is 27.9. The van der Waals surface area contributed by atoms with Gasteiger partial charge < -0.3 is 27.8 Å². The number of hydrogen-bond acceptors (Lipinski definition) is 4. The molecular weight excluding hydrogens is 1670 g/mol. The van der Waals surface area contributed by atoms with E-state index < -0.39 is 0 Å². The van der Waals surface area contributed by atoms with Gasteiger partial charge in [-0.15, -0.1) is 0 Å². The van der Waals surface area contributed by atoms with Crippen LogP contribution in [0, 0.1) is 0 Å². The molecule has 0 fully saturated rings. The number of para-hydroxylation sites is 11. The molecule has 138 heavy (non-hydrogen) atoms. The molecule has 0 saturated heterocycles. The van der Waals surface area contributed by atoms with Gasteiger partial charge in [0.15, 0.2) is 0 Å². The van der Waals surface area contributed by atoms with E-state index in [0.29, 0.717) is 0 Å². The maximum atomic E-state index is 7.32. The molecule has 0 aliphatic heterocycles. The number of fused-ring (bicyclic) bond motifs is 12. The Labute approximate surface area is 799 Å². The van der Waals surface area contributed by atoms with Crippen LogP contribution in [0.5, 0.6) is 0 Å². The molecule has 4 aromatic heterocycles. The van der Waals surface area contributed by atoms with Crippen molar-refractivity contribution in [1.82, 2.24) is 9.13 Å². The molecule has 0 N–H and O–H groups in total. The number of aromatic nitrogens is 2. The first-order valence-electron chi connectivity index (χ1n) is 47.3. The smallest absolute Gasteiger partial charge is 0.143 e. The molecule has 26 rings (SSSR count). The van der Waals surface area contributed by atoms with Crippen LogP contribution in [-0.2, 0) is 0 Å². The zero-order valence-electron chi connectivity index (χ0n) is 75.3. The summed E-state index contributed by atoms with van der Waals surface area (Å²) in [6, 6.07) is 190. The van der Waals surface area contributed by atoms with E-state index in [1.54, 1.807) is 0 Å². The summed E-state index contributed by atoms with van der Waals surface area (Å²) in [5.74, 6) is 0. The highest BCUT2D eigenvalue weighted by Crippen LogP contribution is 2.53. The number of anilines is 6. The molecule has 0 unspecified atom stereocenters. The van der Waals surface area contributed by atoms with Gasteiger partial charge in [-0.05, 0) is 193 Å². The summed E-state index contributed by atoms with van der Waals surface area (Å²) < 4.78 is 18.9. The average Bonchev–Trinajstić information content (AvgIpc) is 1.57. The van der Waals surface area contributed by atoms with Crippen LogP contribution in [-0.4, -0.2) is 9.13 Å². The van der Waals surface area contributed by atoms with Crippen LogP contribution in [0.25, 0.3) is 221 Å². The minimum atomic E-state index is 0.817. The van der Waals surface area contributed by atoms with Gasteiger partial charge in [-0.2, -0.15) is 0 Å². The van der Waals surface area contributed by atoms with Crippen molar-refractivity contribution < 1.29 is 8.83 Å². The molecule has 0 atom stereocenters. The quantitative estimate of drug-likeness (QED) is 0.0809. The monoisotopic (exact) mass is 1760 g/mol. The maximum Gasteiger partial charge on any atom is 0.143 e. The summed E-state index contributed by atoms with van der Waals surface area (Å²) in [5.41, 5.74) is 40.8. The molecule has 0 spiro atoms. The molecule has 4 heterocycles. The number of hydrogen-bond donors (Lipinski definition) is 0. The number of benzene rings is 22. The predicted molar refractivity (Wildman–Crippen MR) is 579 cm³/mol. The first-order valence-corrected chi connectivity index (χ1v) is 47.3. The number of nitrogens with zero attached hydrogens (tertiary/aromatic N) is 4. The Hall–Kier alpha value is -18.4. The van der Waals surface area contributed by atoms with Crippen LogP contribution < -0.4 is 9.80 Å². The molecule has 0 amide bonds. The fourth-order valence-corrected chi connectivity index (χ4v) is 21.6. The summed E-state index contributed by atoms with van der Waals surface area (Å²) in [5, 5.41) is 9.09. The first kappa shape index (κ1) is 80.5. The lowest BCUT2D eigenvalue weighted by atomic mass is 9.91. The van der Waals surface area contributed by atoms with E-state index in [9.17, 15) is 0 Å². The lowest BCUT2D eigenvalue weighted by Gasteiger charge is -2.30. The van der Waals surface area contributed by atoms with Gasteiger partial charge in [0, 0.05) is 99.1 Å². The van der Waals surface area contributed by atoms with Gasteiger partial charge in [0.25, 0.3) is 0 Å². The summed E-state index contributed by atoms with van der Waals surface area (Å²) in [6.07, 6.45) is 0. The Morgan fingerprint density at radius 1 is 0.152 bits per heavy atom. The lowest BCUT2D eigenvalue weighted by molar-refractivity contribution is 0.669. The topological polar surface area (TPSA) is 42.6 Å². The van der Waals surface area contributed by atoms with Gasteiger partial charge in [-0.1, -0.05) is 413 Å². The lowest BCUT2D eigenvalue weighted by Crippen LogP contribution is -2.12. The predicted octanol–water partition coefficient (Wildman–Crippen LogP) is 37.0. The molecule has 0 bridgehead atoms.